The van der Waals surface area contributed by atoms with E-state index in [4.69, 9.17) is 21.2 Å². The number of carbonyl (C=O) groups excluding carboxylic acids is 1. The van der Waals surface area contributed by atoms with Gasteiger partial charge in [0.2, 0.25) is 0 Å². The van der Waals surface area contributed by atoms with Gasteiger partial charge in [-0.2, -0.15) is 5.06 Å². The van der Waals surface area contributed by atoms with Crippen LogP contribution in [0, 0.1) is 17.0 Å². The van der Waals surface area contributed by atoms with E-state index in [1.807, 2.05) is 0 Å². The van der Waals surface area contributed by atoms with Gasteiger partial charge in [0.05, 0.1) is 41.8 Å². The molecule has 0 radical (unpaired) electrons. The molecule has 5 rings (SSSR count). The fraction of sp³-hybridized carbons (Fsp3) is 0.500. The topological polar surface area (TPSA) is 117 Å². The number of carbonyl (C=O) groups is 2. The average Bonchev–Trinajstić information content (AvgIpc) is 3.70. The molecular weight excluding hydrogens is 630 g/mol. The summed E-state index contributed by atoms with van der Waals surface area (Å²) in [5.74, 6) is -7.48. The minimum Gasteiger partial charge on any atom is -0.481 e. The van der Waals surface area contributed by atoms with E-state index in [0.717, 1.165) is 11.1 Å². The van der Waals surface area contributed by atoms with Crippen LogP contribution in [0.15, 0.2) is 40.0 Å². The monoisotopic (exact) mass is 659 g/mol. The van der Waals surface area contributed by atoms with Crippen LogP contribution in [0.4, 0.5) is 17.6 Å². The van der Waals surface area contributed by atoms with E-state index in [9.17, 15) is 23.5 Å². The Balaban J connectivity index is 1.52. The Morgan fingerprint density at radius 2 is 2.07 bits per heavy atom. The van der Waals surface area contributed by atoms with E-state index in [0.29, 0.717) is 5.01 Å². The lowest BCUT2D eigenvalue weighted by Crippen LogP contribution is -2.46. The molecule has 2 fully saturated rings. The lowest BCUT2D eigenvalue weighted by molar-refractivity contribution is -0.186. The van der Waals surface area contributed by atoms with E-state index < -0.39 is 64.6 Å². The number of ether oxygens (including phenoxy) is 1. The van der Waals surface area contributed by atoms with Crippen LogP contribution in [0.1, 0.15) is 43.8 Å². The number of thiazole rings is 1. The van der Waals surface area contributed by atoms with Gasteiger partial charge < -0.3 is 15.2 Å². The van der Waals surface area contributed by atoms with Crippen molar-refractivity contribution in [2.75, 3.05) is 32.8 Å². The summed E-state index contributed by atoms with van der Waals surface area (Å²) in [5.41, 5.74) is -1.13. The van der Waals surface area contributed by atoms with Crippen molar-refractivity contribution >= 4 is 40.7 Å². The predicted octanol–water partition coefficient (Wildman–Crippen LogP) is 4.42. The van der Waals surface area contributed by atoms with Gasteiger partial charge in [-0.1, -0.05) is 17.7 Å². The molecule has 0 aliphatic carbocycles. The van der Waals surface area contributed by atoms with Crippen molar-refractivity contribution in [3.05, 3.63) is 62.2 Å². The van der Waals surface area contributed by atoms with Gasteiger partial charge in [0, 0.05) is 35.9 Å². The maximum atomic E-state index is 15.6. The Morgan fingerprint density at radius 3 is 2.73 bits per heavy atom. The van der Waals surface area contributed by atoms with Gasteiger partial charge in [-0.05, 0) is 33.3 Å². The maximum absolute atomic E-state index is 15.6. The first-order valence-corrected chi connectivity index (χ1v) is 15.0. The Hall–Kier alpha value is -3.11. The summed E-state index contributed by atoms with van der Waals surface area (Å²) in [7, 11) is 0. The summed E-state index contributed by atoms with van der Waals surface area (Å²) in [4.78, 5) is 40.9. The van der Waals surface area contributed by atoms with Crippen molar-refractivity contribution in [3.8, 4) is 0 Å². The summed E-state index contributed by atoms with van der Waals surface area (Å²) in [5, 5.41) is 15.2. The third-order valence-corrected chi connectivity index (χ3v) is 9.08. The molecule has 3 atom stereocenters. The number of nitrogens with zero attached hydrogens (tertiary/aromatic N) is 4. The number of aliphatic carboxylic acids is 1. The van der Waals surface area contributed by atoms with Gasteiger partial charge in [0.1, 0.15) is 12.1 Å². The van der Waals surface area contributed by atoms with Crippen LogP contribution < -0.4 is 5.32 Å². The zero-order valence-electron chi connectivity index (χ0n) is 24.0. The average molecular weight is 660 g/mol. The maximum Gasteiger partial charge on any atom is 0.338 e. The molecule has 1 unspecified atom stereocenters. The number of carboxylic acid groups (broad SMARTS) is 1. The highest BCUT2D eigenvalue weighted by Gasteiger charge is 2.61. The Morgan fingerprint density at radius 1 is 1.32 bits per heavy atom. The number of alkyl halides is 2. The zero-order valence-corrected chi connectivity index (χ0v) is 25.5. The first-order valence-electron chi connectivity index (χ1n) is 13.8. The standard InChI is InChI=1S/C28H30ClF4N5O5S/c1-4-42-25(39)18-16(11-37-13-28(32,33)22-17(37)12-43-38(22)9-7-27(2,3)26(40)41)35-23(24-34-8-10-44-24)36-21(18)14-5-6-15(30)20(31)19(14)29/h5-6,8,10,17,21-22H,4,7,9,11-13H2,1-3H3,(H,35,36)(H,40,41)/t17-,21?,22+/m0/s1. The molecule has 2 saturated heterocycles. The number of fused-ring (bicyclic) bond motifs is 1. The normalized spacial score (nSPS) is 23.8. The first-order chi connectivity index (χ1) is 20.7. The van der Waals surface area contributed by atoms with Gasteiger partial charge in [-0.3, -0.25) is 19.5 Å². The van der Waals surface area contributed by atoms with E-state index >= 15 is 8.78 Å². The number of esters is 1. The predicted molar refractivity (Wildman–Crippen MR) is 152 cm³/mol. The van der Waals surface area contributed by atoms with Crippen molar-refractivity contribution in [1.29, 1.82) is 0 Å². The summed E-state index contributed by atoms with van der Waals surface area (Å²) in [6.45, 7) is 3.54. The largest absolute Gasteiger partial charge is 0.481 e. The second-order valence-corrected chi connectivity index (χ2v) is 12.5. The minimum absolute atomic E-state index is 0.0253. The van der Waals surface area contributed by atoms with Crippen LogP contribution in [0.5, 0.6) is 0 Å². The van der Waals surface area contributed by atoms with Crippen molar-refractivity contribution in [2.45, 2.75) is 51.2 Å². The number of hydrogen-bond acceptors (Lipinski definition) is 10. The molecule has 3 aliphatic heterocycles. The van der Waals surface area contributed by atoms with E-state index in [1.165, 1.54) is 42.3 Å². The number of carboxylic acids is 1. The van der Waals surface area contributed by atoms with Crippen LogP contribution in [-0.4, -0.2) is 88.7 Å². The number of rotatable bonds is 10. The van der Waals surface area contributed by atoms with Crippen molar-refractivity contribution in [2.24, 2.45) is 10.4 Å². The zero-order chi connectivity index (χ0) is 32.0. The fourth-order valence-electron chi connectivity index (χ4n) is 5.49. The number of halogens is 5. The summed E-state index contributed by atoms with van der Waals surface area (Å²) >= 11 is 7.43. The molecule has 0 spiro atoms. The fourth-order valence-corrected chi connectivity index (χ4v) is 6.33. The molecule has 16 heteroatoms. The third-order valence-electron chi connectivity index (χ3n) is 7.91. The van der Waals surface area contributed by atoms with Crippen molar-refractivity contribution < 1.29 is 41.8 Å². The SMILES string of the molecule is CCOC(=O)C1=C(CN2CC(F)(F)[C@H]3[C@@H]2CON3CCC(C)(C)C(=O)O)NC(c2nccs2)=NC1c1ccc(F)c(F)c1Cl. The molecule has 1 aromatic heterocycles. The number of hydrogen-bond donors (Lipinski definition) is 2. The molecule has 0 saturated carbocycles. The van der Waals surface area contributed by atoms with E-state index in [1.54, 1.807) is 12.3 Å². The highest BCUT2D eigenvalue weighted by atomic mass is 35.5. The van der Waals surface area contributed by atoms with Gasteiger partial charge in [-0.25, -0.2) is 27.3 Å². The van der Waals surface area contributed by atoms with Crippen LogP contribution >= 0.6 is 22.9 Å². The molecule has 3 aliphatic rings. The second kappa shape index (κ2) is 12.4. The van der Waals surface area contributed by atoms with E-state index in [-0.39, 0.29) is 55.4 Å². The van der Waals surface area contributed by atoms with Crippen LogP contribution in [-0.2, 0) is 19.2 Å². The highest BCUT2D eigenvalue weighted by Crippen LogP contribution is 2.43. The number of hydroxylamine groups is 2. The number of aliphatic imine (C=N–C) groups is 1. The molecule has 2 aromatic rings. The van der Waals surface area contributed by atoms with Gasteiger partial charge >= 0.3 is 11.9 Å². The summed E-state index contributed by atoms with van der Waals surface area (Å²) < 4.78 is 65.0. The smallest absolute Gasteiger partial charge is 0.338 e. The Kier molecular flexibility index (Phi) is 9.06. The second-order valence-electron chi connectivity index (χ2n) is 11.3. The highest BCUT2D eigenvalue weighted by molar-refractivity contribution is 7.11. The number of nitrogens with one attached hydrogen (secondary N) is 1. The molecule has 10 nitrogen and oxygen atoms in total. The summed E-state index contributed by atoms with van der Waals surface area (Å²) in [6, 6.07) is -1.39. The van der Waals surface area contributed by atoms with Crippen molar-refractivity contribution in [1.82, 2.24) is 20.3 Å². The quantitative estimate of drug-likeness (QED) is 0.217. The molecular formula is C28H30ClF4N5O5S. The number of likely N-dealkylation sites (tertiary alicyclic amines) is 1. The van der Waals surface area contributed by atoms with Crippen LogP contribution in [0.2, 0.25) is 5.02 Å². The molecule has 0 bridgehead atoms. The lowest BCUT2D eigenvalue weighted by Gasteiger charge is -2.30. The van der Waals surface area contributed by atoms with Crippen LogP contribution in [0.3, 0.4) is 0 Å². The number of amidine groups is 1. The first kappa shape index (κ1) is 32.3. The minimum atomic E-state index is -3.25. The lowest BCUT2D eigenvalue weighted by atomic mass is 9.89. The van der Waals surface area contributed by atoms with Gasteiger partial charge in [0.25, 0.3) is 5.92 Å². The molecule has 1 aromatic carbocycles. The molecule has 4 heterocycles. The van der Waals surface area contributed by atoms with E-state index in [2.05, 4.69) is 15.3 Å². The molecule has 2 N–H and O–H groups in total. The molecule has 44 heavy (non-hydrogen) atoms. The van der Waals surface area contributed by atoms with Crippen molar-refractivity contribution in [3.63, 3.8) is 0 Å². The summed E-state index contributed by atoms with van der Waals surface area (Å²) in [6.07, 6.45) is 1.60. The third kappa shape index (κ3) is 6.07. The van der Waals surface area contributed by atoms with Gasteiger partial charge in [0.15, 0.2) is 22.5 Å². The number of aromatic nitrogens is 1. The Labute approximate surface area is 259 Å². The molecule has 0 amide bonds. The van der Waals surface area contributed by atoms with Crippen LogP contribution in [0.25, 0.3) is 0 Å². The molecule has 238 valence electrons. The Bertz CT molecular complexity index is 1510. The van der Waals surface area contributed by atoms with Gasteiger partial charge in [-0.15, -0.1) is 11.3 Å². The number of benzene rings is 1.